The van der Waals surface area contributed by atoms with E-state index in [2.05, 4.69) is 6.58 Å². The molecular formula is C29H29FO4. The van der Waals surface area contributed by atoms with Crippen LogP contribution in [0, 0.1) is 11.7 Å². The summed E-state index contributed by atoms with van der Waals surface area (Å²) in [6, 6.07) is 19.8. The van der Waals surface area contributed by atoms with Gasteiger partial charge in [-0.3, -0.25) is 4.79 Å². The largest absolute Gasteiger partial charge is 0.465 e. The van der Waals surface area contributed by atoms with E-state index < -0.39 is 5.97 Å². The van der Waals surface area contributed by atoms with Gasteiger partial charge in [0.25, 0.3) is 0 Å². The smallest absolute Gasteiger partial charge is 0.338 e. The third-order valence-electron chi connectivity index (χ3n) is 5.31. The highest BCUT2D eigenvalue weighted by Gasteiger charge is 2.10. The second-order valence-electron chi connectivity index (χ2n) is 8.51. The van der Waals surface area contributed by atoms with Crippen molar-refractivity contribution in [2.24, 2.45) is 5.92 Å². The van der Waals surface area contributed by atoms with Crippen LogP contribution in [0.3, 0.4) is 0 Å². The molecule has 0 fully saturated rings. The lowest BCUT2D eigenvalue weighted by molar-refractivity contribution is -0.147. The molecule has 3 aromatic carbocycles. The number of ether oxygens (including phenoxy) is 2. The van der Waals surface area contributed by atoms with Gasteiger partial charge in [-0.2, -0.15) is 0 Å². The summed E-state index contributed by atoms with van der Waals surface area (Å²) in [5, 5.41) is 0. The number of hydrogen-bond acceptors (Lipinski definition) is 4. The zero-order valence-corrected chi connectivity index (χ0v) is 19.8. The van der Waals surface area contributed by atoms with Gasteiger partial charge in [-0.15, -0.1) is 0 Å². The fourth-order valence-electron chi connectivity index (χ4n) is 3.31. The molecule has 0 saturated carbocycles. The van der Waals surface area contributed by atoms with Gasteiger partial charge in [-0.25, -0.2) is 9.18 Å². The van der Waals surface area contributed by atoms with E-state index in [4.69, 9.17) is 9.47 Å². The summed E-state index contributed by atoms with van der Waals surface area (Å²) in [4.78, 5) is 23.1. The number of halogens is 1. The monoisotopic (exact) mass is 460 g/mol. The van der Waals surface area contributed by atoms with Crippen LogP contribution >= 0.6 is 0 Å². The highest BCUT2D eigenvalue weighted by molar-refractivity contribution is 5.88. The molecule has 0 aliphatic rings. The van der Waals surface area contributed by atoms with Gasteiger partial charge in [0.15, 0.2) is 0 Å². The maximum atomic E-state index is 14.9. The van der Waals surface area contributed by atoms with Crippen molar-refractivity contribution in [3.8, 4) is 28.0 Å². The Labute approximate surface area is 200 Å². The SMILES string of the molecule is C=C(C)C(=O)Oc1ccc(-c2ccc(-c3ccc(CCCOC(=O)C(C)C)cc3)cc2F)cc1. The molecular weight excluding hydrogens is 431 g/mol. The molecule has 0 N–H and O–H groups in total. The zero-order valence-electron chi connectivity index (χ0n) is 19.8. The number of rotatable bonds is 9. The van der Waals surface area contributed by atoms with Crippen molar-refractivity contribution in [2.75, 3.05) is 6.61 Å². The average Bonchev–Trinajstić information content (AvgIpc) is 2.82. The van der Waals surface area contributed by atoms with Crippen LogP contribution < -0.4 is 4.74 Å². The van der Waals surface area contributed by atoms with E-state index in [9.17, 15) is 14.0 Å². The van der Waals surface area contributed by atoms with E-state index >= 15 is 0 Å². The third-order valence-corrected chi connectivity index (χ3v) is 5.31. The Morgan fingerprint density at radius 1 is 0.912 bits per heavy atom. The molecule has 176 valence electrons. The Bertz CT molecular complexity index is 1160. The van der Waals surface area contributed by atoms with Gasteiger partial charge in [-0.1, -0.05) is 69.0 Å². The van der Waals surface area contributed by atoms with Crippen molar-refractivity contribution in [3.63, 3.8) is 0 Å². The lowest BCUT2D eigenvalue weighted by Gasteiger charge is -2.10. The van der Waals surface area contributed by atoms with Crippen molar-refractivity contribution in [1.29, 1.82) is 0 Å². The van der Waals surface area contributed by atoms with Crippen LogP contribution in [0.4, 0.5) is 4.39 Å². The first kappa shape index (κ1) is 24.9. The number of carbonyl (C=O) groups excluding carboxylic acids is 2. The van der Waals surface area contributed by atoms with Gasteiger partial charge in [0.05, 0.1) is 12.5 Å². The molecule has 5 heteroatoms. The highest BCUT2D eigenvalue weighted by Crippen LogP contribution is 2.29. The van der Waals surface area contributed by atoms with Crippen LogP contribution in [-0.4, -0.2) is 18.5 Å². The topological polar surface area (TPSA) is 52.6 Å². The predicted octanol–water partition coefficient (Wildman–Crippen LogP) is 6.77. The normalized spacial score (nSPS) is 10.7. The molecule has 34 heavy (non-hydrogen) atoms. The van der Waals surface area contributed by atoms with Crippen molar-refractivity contribution < 1.29 is 23.5 Å². The summed E-state index contributed by atoms with van der Waals surface area (Å²) in [6.07, 6.45) is 1.56. The lowest BCUT2D eigenvalue weighted by Crippen LogP contribution is -2.12. The lowest BCUT2D eigenvalue weighted by atomic mass is 9.98. The zero-order chi connectivity index (χ0) is 24.7. The molecule has 0 radical (unpaired) electrons. The number of aryl methyl sites for hydroxylation is 1. The van der Waals surface area contributed by atoms with E-state index in [-0.39, 0.29) is 17.7 Å². The number of hydrogen-bond donors (Lipinski definition) is 0. The first-order chi connectivity index (χ1) is 16.2. The van der Waals surface area contributed by atoms with Gasteiger partial charge in [0, 0.05) is 11.1 Å². The molecule has 0 aromatic heterocycles. The molecule has 0 saturated heterocycles. The molecule has 4 nitrogen and oxygen atoms in total. The first-order valence-corrected chi connectivity index (χ1v) is 11.3. The highest BCUT2D eigenvalue weighted by atomic mass is 19.1. The summed E-state index contributed by atoms with van der Waals surface area (Å²) in [5.74, 6) is -0.740. The molecule has 0 unspecified atom stereocenters. The van der Waals surface area contributed by atoms with Crippen LogP contribution in [0.5, 0.6) is 5.75 Å². The van der Waals surface area contributed by atoms with Gasteiger partial charge in [-0.05, 0) is 60.2 Å². The van der Waals surface area contributed by atoms with E-state index in [0.717, 1.165) is 29.5 Å². The van der Waals surface area contributed by atoms with Gasteiger partial charge < -0.3 is 9.47 Å². The molecule has 0 atom stereocenters. The van der Waals surface area contributed by atoms with Crippen LogP contribution in [0.2, 0.25) is 0 Å². The Hall–Kier alpha value is -3.73. The summed E-state index contributed by atoms with van der Waals surface area (Å²) in [7, 11) is 0. The Morgan fingerprint density at radius 3 is 2.12 bits per heavy atom. The van der Waals surface area contributed by atoms with Crippen molar-refractivity contribution in [1.82, 2.24) is 0 Å². The van der Waals surface area contributed by atoms with Crippen LogP contribution in [0.15, 0.2) is 78.9 Å². The average molecular weight is 461 g/mol. The number of benzene rings is 3. The minimum Gasteiger partial charge on any atom is -0.465 e. The van der Waals surface area contributed by atoms with Crippen molar-refractivity contribution >= 4 is 11.9 Å². The summed E-state index contributed by atoms with van der Waals surface area (Å²) >= 11 is 0. The molecule has 0 bridgehead atoms. The van der Waals surface area contributed by atoms with E-state index in [0.29, 0.717) is 29.1 Å². The summed E-state index contributed by atoms with van der Waals surface area (Å²) < 4.78 is 25.3. The third kappa shape index (κ3) is 6.64. The minimum absolute atomic E-state index is 0.114. The molecule has 0 amide bonds. The van der Waals surface area contributed by atoms with Gasteiger partial charge in [0.2, 0.25) is 0 Å². The fourth-order valence-corrected chi connectivity index (χ4v) is 3.31. The Balaban J connectivity index is 1.63. The van der Waals surface area contributed by atoms with Crippen molar-refractivity contribution in [3.05, 3.63) is 90.3 Å². The van der Waals surface area contributed by atoms with Gasteiger partial charge >= 0.3 is 11.9 Å². The quantitative estimate of drug-likeness (QED) is 0.153. The first-order valence-electron chi connectivity index (χ1n) is 11.3. The molecule has 0 heterocycles. The minimum atomic E-state index is -0.496. The second-order valence-corrected chi connectivity index (χ2v) is 8.51. The summed E-state index contributed by atoms with van der Waals surface area (Å²) in [5.41, 5.74) is 4.30. The summed E-state index contributed by atoms with van der Waals surface area (Å²) in [6.45, 7) is 9.17. The molecule has 0 spiro atoms. The Kier molecular flexibility index (Phi) is 8.36. The molecule has 3 rings (SSSR count). The maximum absolute atomic E-state index is 14.9. The van der Waals surface area contributed by atoms with E-state index in [1.54, 1.807) is 37.3 Å². The molecule has 3 aromatic rings. The van der Waals surface area contributed by atoms with Crippen molar-refractivity contribution in [2.45, 2.75) is 33.6 Å². The second kappa shape index (κ2) is 11.4. The fraction of sp³-hybridized carbons (Fsp3) is 0.241. The maximum Gasteiger partial charge on any atom is 0.338 e. The van der Waals surface area contributed by atoms with E-state index in [1.807, 2.05) is 44.2 Å². The van der Waals surface area contributed by atoms with Crippen LogP contribution in [0.25, 0.3) is 22.3 Å². The molecule has 0 aliphatic heterocycles. The van der Waals surface area contributed by atoms with Crippen LogP contribution in [-0.2, 0) is 20.7 Å². The number of carbonyl (C=O) groups is 2. The number of esters is 2. The van der Waals surface area contributed by atoms with E-state index in [1.165, 1.54) is 6.07 Å². The van der Waals surface area contributed by atoms with Crippen LogP contribution in [0.1, 0.15) is 32.8 Å². The molecule has 0 aliphatic carbocycles. The Morgan fingerprint density at radius 2 is 1.53 bits per heavy atom. The predicted molar refractivity (Wildman–Crippen MR) is 132 cm³/mol. The standard InChI is InChI=1S/C29H29FO4/c1-19(2)28(31)33-17-5-6-21-7-9-22(10-8-21)24-13-16-26(27(30)18-24)23-11-14-25(15-12-23)34-29(32)20(3)4/h7-16,18-19H,3,5-6,17H2,1-2,4H3. The van der Waals surface area contributed by atoms with Gasteiger partial charge in [0.1, 0.15) is 11.6 Å².